The minimum atomic E-state index is -7.22. The number of fused-ring (bicyclic) bond motifs is 1. The Labute approximate surface area is 339 Å². The standard InChI is InChI=1S/C24BF20.C17H16N/c26-5-1(6(27)14(35)21(42)13(5)34)25(2-7(28)15(36)22(43)16(37)8(2)29,3-9(30)17(38)23(44)18(39)10(3)31)4-11(32)19(40)24(45)20(41)12(4)33;1-14-11-12-16-9-5-6-10-17(16)18(14)13-15-7-3-2-4-8-15/h;2-12H,13H2,1H3/q-1;+1. The third-order valence-corrected chi connectivity index (χ3v) is 10.0. The highest BCUT2D eigenvalue weighted by molar-refractivity contribution is 7.20. The van der Waals surface area contributed by atoms with E-state index in [4.69, 9.17) is 0 Å². The second-order valence-electron chi connectivity index (χ2n) is 13.4. The number of nitrogens with zero attached hydrogens (tertiary/aromatic N) is 1. The van der Waals surface area contributed by atoms with Gasteiger partial charge in [-0.3, -0.25) is 0 Å². The number of hydrogen-bond acceptors (Lipinski definition) is 0. The summed E-state index contributed by atoms with van der Waals surface area (Å²) in [5.74, 6) is -71.4. The first-order valence-corrected chi connectivity index (χ1v) is 17.2. The lowest BCUT2D eigenvalue weighted by Crippen LogP contribution is -2.81. The normalized spacial score (nSPS) is 11.6. The molecule has 1 nitrogen and oxygen atoms in total. The fourth-order valence-corrected chi connectivity index (χ4v) is 7.21. The van der Waals surface area contributed by atoms with Gasteiger partial charge in [0.15, 0.2) is 82.0 Å². The van der Waals surface area contributed by atoms with Crippen molar-refractivity contribution in [2.75, 3.05) is 0 Å². The minimum Gasteiger partial charge on any atom is -0.207 e. The quantitative estimate of drug-likeness (QED) is 0.0516. The van der Waals surface area contributed by atoms with E-state index in [0.717, 1.165) is 6.54 Å². The average Bonchev–Trinajstić information content (AvgIpc) is 3.27. The van der Waals surface area contributed by atoms with Crippen LogP contribution in [0.3, 0.4) is 0 Å². The van der Waals surface area contributed by atoms with E-state index < -0.39 is 144 Å². The molecule has 0 saturated heterocycles. The Bertz CT molecular complexity index is 2610. The number of rotatable bonds is 6. The molecule has 7 aromatic rings. The van der Waals surface area contributed by atoms with Crippen molar-refractivity contribution in [1.29, 1.82) is 0 Å². The molecular formula is C41H16BF20N. The summed E-state index contributed by atoms with van der Waals surface area (Å²) in [6.45, 7) is 3.09. The molecule has 0 saturated carbocycles. The predicted molar refractivity (Wildman–Crippen MR) is 184 cm³/mol. The van der Waals surface area contributed by atoms with Gasteiger partial charge in [-0.2, -0.15) is 4.57 Å². The second kappa shape index (κ2) is 16.9. The van der Waals surface area contributed by atoms with Gasteiger partial charge in [0, 0.05) is 30.0 Å². The summed E-state index contributed by atoms with van der Waals surface area (Å²) in [7, 11) is 0. The maximum Gasteiger partial charge on any atom is 0.212 e. The molecule has 1 heterocycles. The monoisotopic (exact) mass is 913 g/mol. The second-order valence-corrected chi connectivity index (χ2v) is 13.4. The number of para-hydroxylation sites is 1. The van der Waals surface area contributed by atoms with Crippen LogP contribution in [0.1, 0.15) is 11.3 Å². The van der Waals surface area contributed by atoms with Crippen LogP contribution in [-0.2, 0) is 6.54 Å². The summed E-state index contributed by atoms with van der Waals surface area (Å²) < 4.78 is 296. The van der Waals surface area contributed by atoms with Crippen molar-refractivity contribution in [3.8, 4) is 0 Å². The van der Waals surface area contributed by atoms with Crippen LogP contribution in [0.4, 0.5) is 87.8 Å². The zero-order chi connectivity index (χ0) is 46.7. The van der Waals surface area contributed by atoms with E-state index in [1.165, 1.54) is 22.2 Å². The number of benzene rings is 6. The highest BCUT2D eigenvalue weighted by Gasteiger charge is 2.52. The first-order chi connectivity index (χ1) is 29.5. The van der Waals surface area contributed by atoms with E-state index in [-0.39, 0.29) is 0 Å². The summed E-state index contributed by atoms with van der Waals surface area (Å²) in [6, 6.07) is 23.5. The van der Waals surface area contributed by atoms with Crippen LogP contribution >= 0.6 is 0 Å². The SMILES string of the molecule is Cc1ccc2ccccc2[n+]1Cc1ccccc1.Fc1c(F)c(F)c([B-](c2c(F)c(F)c(F)c(F)c2F)(c2c(F)c(F)c(F)c(F)c2F)c2c(F)c(F)c(F)c(F)c2F)c(F)c1F. The molecule has 7 rings (SSSR count). The molecule has 0 bridgehead atoms. The molecule has 0 amide bonds. The molecule has 0 aliphatic carbocycles. The molecular weight excluding hydrogens is 897 g/mol. The van der Waals surface area contributed by atoms with Gasteiger partial charge in [-0.25, -0.2) is 87.8 Å². The molecule has 0 unspecified atom stereocenters. The average molecular weight is 913 g/mol. The first-order valence-electron chi connectivity index (χ1n) is 17.2. The first kappa shape index (κ1) is 45.9. The van der Waals surface area contributed by atoms with Gasteiger partial charge in [0.1, 0.15) is 52.7 Å². The predicted octanol–water partition coefficient (Wildman–Crippen LogP) is 9.33. The molecule has 0 atom stereocenters. The van der Waals surface area contributed by atoms with Gasteiger partial charge >= 0.3 is 0 Å². The zero-order valence-corrected chi connectivity index (χ0v) is 30.6. The number of aryl methyl sites for hydroxylation is 1. The van der Waals surface area contributed by atoms with E-state index in [1.54, 1.807) is 0 Å². The van der Waals surface area contributed by atoms with Crippen LogP contribution in [0.5, 0.6) is 0 Å². The molecule has 22 heteroatoms. The van der Waals surface area contributed by atoms with Gasteiger partial charge in [0.2, 0.25) is 5.52 Å². The number of halogens is 20. The Morgan fingerprint density at radius 1 is 0.317 bits per heavy atom. The van der Waals surface area contributed by atoms with Gasteiger partial charge in [0.05, 0.1) is 0 Å². The number of hydrogen-bond donors (Lipinski definition) is 0. The van der Waals surface area contributed by atoms with Crippen molar-refractivity contribution >= 4 is 38.9 Å². The largest absolute Gasteiger partial charge is 0.212 e. The van der Waals surface area contributed by atoms with Crippen molar-refractivity contribution in [2.45, 2.75) is 13.5 Å². The van der Waals surface area contributed by atoms with Gasteiger partial charge in [0.25, 0.3) is 0 Å². The summed E-state index contributed by atoms with van der Waals surface area (Å²) in [6.07, 6.45) is -7.22. The molecule has 0 aliphatic heterocycles. The van der Waals surface area contributed by atoms with Crippen LogP contribution < -0.4 is 26.4 Å². The Balaban J connectivity index is 0.000000302. The molecule has 0 spiro atoms. The smallest absolute Gasteiger partial charge is 0.207 e. The molecule has 0 N–H and O–H groups in total. The van der Waals surface area contributed by atoms with Crippen molar-refractivity contribution in [1.82, 2.24) is 0 Å². The van der Waals surface area contributed by atoms with Crippen LogP contribution in [0.2, 0.25) is 0 Å². The molecule has 0 fully saturated rings. The van der Waals surface area contributed by atoms with E-state index in [9.17, 15) is 52.7 Å². The van der Waals surface area contributed by atoms with Crippen LogP contribution in [-0.4, -0.2) is 6.15 Å². The highest BCUT2D eigenvalue weighted by atomic mass is 19.2. The topological polar surface area (TPSA) is 3.88 Å². The maximum atomic E-state index is 15.4. The molecule has 1 aromatic heterocycles. The summed E-state index contributed by atoms with van der Waals surface area (Å²) in [4.78, 5) is 0. The number of pyridine rings is 1. The van der Waals surface area contributed by atoms with E-state index in [1.807, 2.05) is 0 Å². The lowest BCUT2D eigenvalue weighted by molar-refractivity contribution is -0.668. The van der Waals surface area contributed by atoms with Gasteiger partial charge in [-0.1, -0.05) is 42.5 Å². The van der Waals surface area contributed by atoms with Crippen LogP contribution in [0, 0.1) is 123 Å². The minimum absolute atomic E-state index is 0.925. The molecule has 63 heavy (non-hydrogen) atoms. The van der Waals surface area contributed by atoms with Crippen molar-refractivity contribution in [3.05, 3.63) is 194 Å². The Morgan fingerprint density at radius 3 is 0.905 bits per heavy atom. The Morgan fingerprint density at radius 2 is 0.587 bits per heavy atom. The van der Waals surface area contributed by atoms with E-state index in [2.05, 4.69) is 78.2 Å². The molecule has 6 aromatic carbocycles. The summed E-state index contributed by atoms with van der Waals surface area (Å²) in [5.41, 5.74) is -10.4. The lowest BCUT2D eigenvalue weighted by atomic mass is 9.12. The van der Waals surface area contributed by atoms with Crippen molar-refractivity contribution in [2.24, 2.45) is 0 Å². The Kier molecular flexibility index (Phi) is 12.3. The third kappa shape index (κ3) is 7.08. The zero-order valence-electron chi connectivity index (χ0n) is 30.6. The number of aromatic nitrogens is 1. The molecule has 0 aliphatic rings. The Hall–Kier alpha value is -6.61. The van der Waals surface area contributed by atoms with E-state index >= 15 is 35.1 Å². The van der Waals surface area contributed by atoms with Crippen molar-refractivity contribution in [3.63, 3.8) is 0 Å². The molecule has 328 valence electrons. The van der Waals surface area contributed by atoms with Gasteiger partial charge < -0.3 is 0 Å². The fraction of sp³-hybridized carbons (Fsp3) is 0.0488. The van der Waals surface area contributed by atoms with E-state index in [0.29, 0.717) is 0 Å². The van der Waals surface area contributed by atoms with Crippen LogP contribution in [0.25, 0.3) is 10.9 Å². The van der Waals surface area contributed by atoms with Crippen molar-refractivity contribution < 1.29 is 92.4 Å². The highest BCUT2D eigenvalue weighted by Crippen LogP contribution is 2.31. The third-order valence-electron chi connectivity index (χ3n) is 10.0. The van der Waals surface area contributed by atoms with Gasteiger partial charge in [-0.15, -0.1) is 21.9 Å². The lowest BCUT2D eigenvalue weighted by Gasteiger charge is -2.44. The summed E-state index contributed by atoms with van der Waals surface area (Å²) in [5, 5.41) is 1.29. The van der Waals surface area contributed by atoms with Gasteiger partial charge in [-0.05, 0) is 12.1 Å². The fourth-order valence-electron chi connectivity index (χ4n) is 7.21. The van der Waals surface area contributed by atoms with Crippen LogP contribution in [0.15, 0.2) is 66.7 Å². The maximum absolute atomic E-state index is 15.4. The summed E-state index contributed by atoms with van der Waals surface area (Å²) >= 11 is 0. The molecule has 0 radical (unpaired) electrons.